The van der Waals surface area contributed by atoms with E-state index in [1.54, 1.807) is 6.92 Å². The Labute approximate surface area is 122 Å². The largest absolute Gasteiger partial charge is 0.487 e. The van der Waals surface area contributed by atoms with Gasteiger partial charge in [-0.3, -0.25) is 14.9 Å². The molecule has 0 bridgehead atoms. The number of carbonyl (C=O) groups is 1. The zero-order chi connectivity index (χ0) is 15.4. The van der Waals surface area contributed by atoms with Crippen molar-refractivity contribution in [3.8, 4) is 5.75 Å². The Balaban J connectivity index is 2.16. The van der Waals surface area contributed by atoms with Crippen molar-refractivity contribution in [3.05, 3.63) is 33.9 Å². The van der Waals surface area contributed by atoms with Gasteiger partial charge in [-0.25, -0.2) is 0 Å². The van der Waals surface area contributed by atoms with Crippen molar-refractivity contribution < 1.29 is 14.5 Å². The fourth-order valence-electron chi connectivity index (χ4n) is 2.20. The van der Waals surface area contributed by atoms with Crippen LogP contribution in [0.1, 0.15) is 30.1 Å². The molecule has 1 atom stereocenters. The highest BCUT2D eigenvalue weighted by Crippen LogP contribution is 2.32. The Kier molecular flexibility index (Phi) is 4.74. The van der Waals surface area contributed by atoms with E-state index >= 15 is 0 Å². The van der Waals surface area contributed by atoms with Crippen LogP contribution in [0.15, 0.2) is 18.2 Å². The van der Waals surface area contributed by atoms with E-state index in [0.717, 1.165) is 12.8 Å². The maximum atomic E-state index is 12.2. The van der Waals surface area contributed by atoms with Gasteiger partial charge in [0.1, 0.15) is 0 Å². The molecule has 1 unspecified atom stereocenters. The molecule has 1 amide bonds. The Morgan fingerprint density at radius 1 is 1.57 bits per heavy atom. The van der Waals surface area contributed by atoms with E-state index in [4.69, 9.17) is 10.5 Å². The number of nitro groups is 1. The van der Waals surface area contributed by atoms with Gasteiger partial charge in [-0.1, -0.05) is 0 Å². The summed E-state index contributed by atoms with van der Waals surface area (Å²) in [4.78, 5) is 22.6. The highest BCUT2D eigenvalue weighted by Gasteiger charge is 2.31. The van der Waals surface area contributed by atoms with Crippen molar-refractivity contribution in [3.63, 3.8) is 0 Å². The van der Waals surface area contributed by atoms with Crippen LogP contribution in [0.25, 0.3) is 0 Å². The van der Waals surface area contributed by atoms with Gasteiger partial charge >= 0.3 is 5.69 Å². The molecular weight excluding hydrogens is 274 g/mol. The van der Waals surface area contributed by atoms with Crippen LogP contribution >= 0.6 is 0 Å². The number of nitrogens with zero attached hydrogens (tertiary/aromatic N) is 1. The van der Waals surface area contributed by atoms with Crippen molar-refractivity contribution in [1.29, 1.82) is 0 Å². The molecule has 1 fully saturated rings. The van der Waals surface area contributed by atoms with E-state index in [-0.39, 0.29) is 28.9 Å². The molecule has 7 nitrogen and oxygen atoms in total. The number of rotatable bonds is 7. The number of benzene rings is 1. The molecule has 1 aromatic rings. The third-order valence-corrected chi connectivity index (χ3v) is 3.48. The van der Waals surface area contributed by atoms with Gasteiger partial charge in [0, 0.05) is 24.2 Å². The van der Waals surface area contributed by atoms with Crippen molar-refractivity contribution >= 4 is 11.6 Å². The molecule has 1 saturated carbocycles. The minimum Gasteiger partial charge on any atom is -0.487 e. The lowest BCUT2D eigenvalue weighted by Gasteiger charge is -2.16. The number of hydrogen-bond acceptors (Lipinski definition) is 5. The number of hydrogen-bond donors (Lipinski definition) is 2. The molecule has 114 valence electrons. The average molecular weight is 293 g/mol. The summed E-state index contributed by atoms with van der Waals surface area (Å²) in [6, 6.07) is 4.14. The van der Waals surface area contributed by atoms with Gasteiger partial charge in [0.2, 0.25) is 0 Å². The Morgan fingerprint density at radius 2 is 2.29 bits per heavy atom. The van der Waals surface area contributed by atoms with E-state index in [2.05, 4.69) is 5.32 Å². The normalized spacial score (nSPS) is 15.3. The molecule has 1 aromatic carbocycles. The molecule has 0 aromatic heterocycles. The summed E-state index contributed by atoms with van der Waals surface area (Å²) in [5, 5.41) is 13.9. The molecule has 21 heavy (non-hydrogen) atoms. The van der Waals surface area contributed by atoms with Crippen molar-refractivity contribution in [1.82, 2.24) is 5.32 Å². The first-order valence-corrected chi connectivity index (χ1v) is 6.99. The van der Waals surface area contributed by atoms with Crippen LogP contribution in [-0.4, -0.2) is 30.0 Å². The number of ether oxygens (including phenoxy) is 1. The quantitative estimate of drug-likeness (QED) is 0.584. The first kappa shape index (κ1) is 15.2. The summed E-state index contributed by atoms with van der Waals surface area (Å²) < 4.78 is 5.19. The van der Waals surface area contributed by atoms with Crippen LogP contribution in [0.4, 0.5) is 5.69 Å². The van der Waals surface area contributed by atoms with Gasteiger partial charge in [-0.05, 0) is 37.8 Å². The molecule has 0 aliphatic heterocycles. The molecule has 0 radical (unpaired) electrons. The molecule has 1 aliphatic rings. The fraction of sp³-hybridized carbons (Fsp3) is 0.500. The average Bonchev–Trinajstić information content (AvgIpc) is 3.29. The highest BCUT2D eigenvalue weighted by atomic mass is 16.6. The fourth-order valence-corrected chi connectivity index (χ4v) is 2.20. The molecule has 0 saturated heterocycles. The van der Waals surface area contributed by atoms with Gasteiger partial charge in [-0.15, -0.1) is 0 Å². The van der Waals surface area contributed by atoms with Crippen molar-refractivity contribution in [2.75, 3.05) is 13.2 Å². The predicted octanol–water partition coefficient (Wildman–Crippen LogP) is 1.46. The third-order valence-electron chi connectivity index (χ3n) is 3.48. The lowest BCUT2D eigenvalue weighted by Crippen LogP contribution is -2.41. The molecule has 2 rings (SSSR count). The Morgan fingerprint density at radius 3 is 2.81 bits per heavy atom. The smallest absolute Gasteiger partial charge is 0.311 e. The predicted molar refractivity (Wildman–Crippen MR) is 77.3 cm³/mol. The number of amides is 1. The first-order chi connectivity index (χ1) is 10.1. The van der Waals surface area contributed by atoms with E-state index in [9.17, 15) is 14.9 Å². The molecular formula is C14H19N3O4. The second kappa shape index (κ2) is 6.53. The van der Waals surface area contributed by atoms with E-state index in [1.165, 1.54) is 18.2 Å². The lowest BCUT2D eigenvalue weighted by molar-refractivity contribution is -0.385. The zero-order valence-corrected chi connectivity index (χ0v) is 11.9. The van der Waals surface area contributed by atoms with Crippen LogP contribution in [-0.2, 0) is 0 Å². The summed E-state index contributed by atoms with van der Waals surface area (Å²) in [5.74, 6) is 0.247. The Bertz CT molecular complexity index is 543. The molecule has 7 heteroatoms. The summed E-state index contributed by atoms with van der Waals surface area (Å²) in [7, 11) is 0. The SMILES string of the molecule is CCOc1ccc(C(=O)NC(CN)C2CC2)cc1[N+](=O)[O-]. The third kappa shape index (κ3) is 3.69. The van der Waals surface area contributed by atoms with E-state index < -0.39 is 4.92 Å². The number of nitrogens with one attached hydrogen (secondary N) is 1. The number of nitro benzene ring substituents is 1. The monoisotopic (exact) mass is 293 g/mol. The molecule has 0 spiro atoms. The number of carbonyl (C=O) groups excluding carboxylic acids is 1. The summed E-state index contributed by atoms with van der Waals surface area (Å²) in [5.41, 5.74) is 5.67. The maximum Gasteiger partial charge on any atom is 0.311 e. The first-order valence-electron chi connectivity index (χ1n) is 6.99. The van der Waals surface area contributed by atoms with Crippen LogP contribution in [0.2, 0.25) is 0 Å². The van der Waals surface area contributed by atoms with Gasteiger partial charge < -0.3 is 15.8 Å². The maximum absolute atomic E-state index is 12.2. The van der Waals surface area contributed by atoms with E-state index in [0.29, 0.717) is 19.1 Å². The Hall–Kier alpha value is -2.15. The zero-order valence-electron chi connectivity index (χ0n) is 11.9. The van der Waals surface area contributed by atoms with Crippen LogP contribution < -0.4 is 15.8 Å². The summed E-state index contributed by atoms with van der Waals surface area (Å²) >= 11 is 0. The highest BCUT2D eigenvalue weighted by molar-refractivity contribution is 5.95. The second-order valence-corrected chi connectivity index (χ2v) is 5.03. The van der Waals surface area contributed by atoms with Gasteiger partial charge in [0.05, 0.1) is 11.5 Å². The summed E-state index contributed by atoms with van der Waals surface area (Å²) in [6.45, 7) is 2.44. The van der Waals surface area contributed by atoms with E-state index in [1.807, 2.05) is 0 Å². The van der Waals surface area contributed by atoms with Crippen molar-refractivity contribution in [2.24, 2.45) is 11.7 Å². The van der Waals surface area contributed by atoms with Crippen molar-refractivity contribution in [2.45, 2.75) is 25.8 Å². The van der Waals surface area contributed by atoms with Crippen LogP contribution in [0.3, 0.4) is 0 Å². The van der Waals surface area contributed by atoms with Gasteiger partial charge in [0.25, 0.3) is 5.91 Å². The van der Waals surface area contributed by atoms with Crippen LogP contribution in [0.5, 0.6) is 5.75 Å². The minimum absolute atomic E-state index is 0.0666. The van der Waals surface area contributed by atoms with Gasteiger partial charge in [0.15, 0.2) is 5.75 Å². The lowest BCUT2D eigenvalue weighted by atomic mass is 10.1. The minimum atomic E-state index is -0.553. The molecule has 3 N–H and O–H groups in total. The topological polar surface area (TPSA) is 107 Å². The standard InChI is InChI=1S/C14H19N3O4/c1-2-21-13-6-5-10(7-12(13)17(19)20)14(18)16-11(8-15)9-3-4-9/h5-7,9,11H,2-4,8,15H2,1H3,(H,16,18). The number of nitrogens with two attached hydrogens (primary N) is 1. The second-order valence-electron chi connectivity index (χ2n) is 5.03. The summed E-state index contributed by atoms with van der Waals surface area (Å²) in [6.07, 6.45) is 2.12. The van der Waals surface area contributed by atoms with Crippen LogP contribution in [0, 0.1) is 16.0 Å². The molecule has 1 aliphatic carbocycles. The van der Waals surface area contributed by atoms with Gasteiger partial charge in [-0.2, -0.15) is 0 Å². The molecule has 0 heterocycles.